The molecule has 3 nitrogen and oxygen atoms in total. The van der Waals surface area contributed by atoms with E-state index in [0.29, 0.717) is 6.61 Å². The third-order valence-electron chi connectivity index (χ3n) is 3.43. The summed E-state index contributed by atoms with van der Waals surface area (Å²) < 4.78 is 19.2. The van der Waals surface area contributed by atoms with Crippen molar-refractivity contribution in [1.29, 1.82) is 0 Å². The molecule has 0 bridgehead atoms. The Morgan fingerprint density at radius 1 is 1.29 bits per heavy atom. The molecule has 1 N–H and O–H groups in total. The number of rotatable bonds is 4. The van der Waals surface area contributed by atoms with Gasteiger partial charge in [0.05, 0.1) is 6.61 Å². The van der Waals surface area contributed by atoms with Gasteiger partial charge in [-0.2, -0.15) is 0 Å². The zero-order chi connectivity index (χ0) is 14.8. The van der Waals surface area contributed by atoms with Gasteiger partial charge in [0.1, 0.15) is 17.1 Å². The largest absolute Gasteiger partial charge is 0.492 e. The minimum atomic E-state index is -1.32. The molecule has 0 spiro atoms. The minimum Gasteiger partial charge on any atom is -0.492 e. The van der Waals surface area contributed by atoms with E-state index in [2.05, 4.69) is 6.07 Å². The molecule has 0 saturated carbocycles. The van der Waals surface area contributed by atoms with Crippen LogP contribution in [0.4, 0.5) is 4.39 Å². The number of carboxylic acid groups (broad SMARTS) is 1. The van der Waals surface area contributed by atoms with Crippen molar-refractivity contribution in [2.24, 2.45) is 0 Å². The predicted molar refractivity (Wildman–Crippen MR) is 78.8 cm³/mol. The van der Waals surface area contributed by atoms with Gasteiger partial charge in [-0.15, -0.1) is 11.8 Å². The van der Waals surface area contributed by atoms with Gasteiger partial charge in [-0.25, -0.2) is 9.18 Å². The van der Waals surface area contributed by atoms with E-state index < -0.39 is 17.3 Å². The maximum atomic E-state index is 13.6. The van der Waals surface area contributed by atoms with Crippen LogP contribution in [0, 0.1) is 5.82 Å². The van der Waals surface area contributed by atoms with Crippen LogP contribution in [-0.4, -0.2) is 23.4 Å². The molecule has 0 saturated heterocycles. The summed E-state index contributed by atoms with van der Waals surface area (Å²) in [5.41, 5.74) is 0.798. The first kappa shape index (κ1) is 13.9. The number of halogens is 1. The Labute approximate surface area is 125 Å². The van der Waals surface area contributed by atoms with Gasteiger partial charge in [0.2, 0.25) is 0 Å². The molecule has 21 heavy (non-hydrogen) atoms. The van der Waals surface area contributed by atoms with Crippen LogP contribution in [0.5, 0.6) is 5.75 Å². The number of aromatic carboxylic acids is 1. The van der Waals surface area contributed by atoms with E-state index in [1.165, 1.54) is 22.6 Å². The fraction of sp³-hybridized carbons (Fsp3) is 0.188. The van der Waals surface area contributed by atoms with Crippen molar-refractivity contribution in [3.63, 3.8) is 0 Å². The molecule has 2 aromatic carbocycles. The highest BCUT2D eigenvalue weighted by Gasteiger charge is 2.24. The number of fused-ring (bicyclic) bond motifs is 1. The number of carboxylic acids is 1. The molecule has 0 fully saturated rings. The van der Waals surface area contributed by atoms with Gasteiger partial charge >= 0.3 is 5.97 Å². The zero-order valence-corrected chi connectivity index (χ0v) is 11.9. The minimum absolute atomic E-state index is 0.0804. The summed E-state index contributed by atoms with van der Waals surface area (Å²) in [5.74, 6) is -0.935. The lowest BCUT2D eigenvalue weighted by atomic mass is 10.0. The van der Waals surface area contributed by atoms with Crippen LogP contribution in [0.15, 0.2) is 47.4 Å². The fourth-order valence-electron chi connectivity index (χ4n) is 2.39. The van der Waals surface area contributed by atoms with Crippen molar-refractivity contribution in [3.8, 4) is 5.75 Å². The number of carbonyl (C=O) groups is 1. The van der Waals surface area contributed by atoms with Crippen molar-refractivity contribution >= 4 is 17.7 Å². The Balaban J connectivity index is 1.78. The van der Waals surface area contributed by atoms with E-state index >= 15 is 0 Å². The summed E-state index contributed by atoms with van der Waals surface area (Å²) >= 11 is 1.75. The van der Waals surface area contributed by atoms with Gasteiger partial charge in [-0.3, -0.25) is 0 Å². The monoisotopic (exact) mass is 304 g/mol. The maximum Gasteiger partial charge on any atom is 0.342 e. The van der Waals surface area contributed by atoms with E-state index in [1.54, 1.807) is 11.8 Å². The molecule has 1 atom stereocenters. The Bertz CT molecular complexity index is 687. The molecule has 1 aliphatic rings. The summed E-state index contributed by atoms with van der Waals surface area (Å²) in [4.78, 5) is 12.3. The average Bonchev–Trinajstić information content (AvgIpc) is 2.88. The van der Waals surface area contributed by atoms with Crippen molar-refractivity contribution in [2.75, 3.05) is 12.4 Å². The first-order valence-electron chi connectivity index (χ1n) is 6.53. The van der Waals surface area contributed by atoms with Crippen LogP contribution in [0.3, 0.4) is 0 Å². The normalized spacial score (nSPS) is 16.5. The van der Waals surface area contributed by atoms with Gasteiger partial charge in [-0.1, -0.05) is 24.3 Å². The molecular weight excluding hydrogens is 291 g/mol. The highest BCUT2D eigenvalue weighted by molar-refractivity contribution is 7.99. The standard InChI is InChI=1S/C16H13FO3S/c17-12-5-3-6-13(15(12)16(18)19)20-8-10-9-21-14-7-2-1-4-11(10)14/h1-7,10H,8-9H2,(H,18,19). The lowest BCUT2D eigenvalue weighted by Gasteiger charge is -2.14. The summed E-state index contributed by atoms with van der Waals surface area (Å²) in [6, 6.07) is 12.1. The zero-order valence-electron chi connectivity index (χ0n) is 11.1. The SMILES string of the molecule is O=C(O)c1c(F)cccc1OCC1CSc2ccccc21. The molecule has 1 aliphatic heterocycles. The molecule has 3 rings (SSSR count). The van der Waals surface area contributed by atoms with E-state index in [9.17, 15) is 9.18 Å². The van der Waals surface area contributed by atoms with E-state index in [4.69, 9.17) is 9.84 Å². The average molecular weight is 304 g/mol. The molecule has 5 heteroatoms. The number of thioether (sulfide) groups is 1. The van der Waals surface area contributed by atoms with E-state index in [1.807, 2.05) is 18.2 Å². The topological polar surface area (TPSA) is 46.5 Å². The van der Waals surface area contributed by atoms with E-state index in [-0.39, 0.29) is 11.7 Å². The third kappa shape index (κ3) is 2.74. The smallest absolute Gasteiger partial charge is 0.342 e. The lowest BCUT2D eigenvalue weighted by molar-refractivity contribution is 0.0686. The van der Waals surface area contributed by atoms with Crippen LogP contribution in [0.2, 0.25) is 0 Å². The van der Waals surface area contributed by atoms with Gasteiger partial charge in [0.25, 0.3) is 0 Å². The lowest BCUT2D eigenvalue weighted by Crippen LogP contribution is -2.12. The van der Waals surface area contributed by atoms with Crippen LogP contribution >= 0.6 is 11.8 Å². The van der Waals surface area contributed by atoms with Crippen molar-refractivity contribution in [2.45, 2.75) is 10.8 Å². The third-order valence-corrected chi connectivity index (χ3v) is 4.68. The van der Waals surface area contributed by atoms with Crippen LogP contribution in [0.25, 0.3) is 0 Å². The molecular formula is C16H13FO3S. The summed E-state index contributed by atoms with van der Waals surface area (Å²) in [6.07, 6.45) is 0. The number of ether oxygens (including phenoxy) is 1. The van der Waals surface area contributed by atoms with Crippen molar-refractivity contribution < 1.29 is 19.0 Å². The Morgan fingerprint density at radius 2 is 2.10 bits per heavy atom. The van der Waals surface area contributed by atoms with Crippen molar-refractivity contribution in [1.82, 2.24) is 0 Å². The second-order valence-electron chi connectivity index (χ2n) is 4.77. The summed E-state index contributed by atoms with van der Waals surface area (Å²) in [7, 11) is 0. The van der Waals surface area contributed by atoms with Gasteiger partial charge in [0, 0.05) is 16.6 Å². The Morgan fingerprint density at radius 3 is 2.90 bits per heavy atom. The highest BCUT2D eigenvalue weighted by Crippen LogP contribution is 2.39. The molecule has 0 aliphatic carbocycles. The van der Waals surface area contributed by atoms with Crippen LogP contribution in [0.1, 0.15) is 21.8 Å². The number of hydrogen-bond acceptors (Lipinski definition) is 3. The molecule has 0 amide bonds. The van der Waals surface area contributed by atoms with Crippen LogP contribution < -0.4 is 4.74 Å². The van der Waals surface area contributed by atoms with Gasteiger partial charge in [0.15, 0.2) is 0 Å². The molecule has 108 valence electrons. The van der Waals surface area contributed by atoms with Gasteiger partial charge < -0.3 is 9.84 Å². The molecule has 1 unspecified atom stereocenters. The predicted octanol–water partition coefficient (Wildman–Crippen LogP) is 3.79. The Hall–Kier alpha value is -2.01. The van der Waals surface area contributed by atoms with E-state index in [0.717, 1.165) is 11.8 Å². The summed E-state index contributed by atoms with van der Waals surface area (Å²) in [5, 5.41) is 9.07. The number of hydrogen-bond donors (Lipinski definition) is 1. The molecule has 0 radical (unpaired) electrons. The Kier molecular flexibility index (Phi) is 3.84. The second kappa shape index (κ2) is 5.77. The number of benzene rings is 2. The molecule has 0 aromatic heterocycles. The molecule has 2 aromatic rings. The maximum absolute atomic E-state index is 13.6. The van der Waals surface area contributed by atoms with Crippen molar-refractivity contribution in [3.05, 3.63) is 59.4 Å². The van der Waals surface area contributed by atoms with Gasteiger partial charge in [-0.05, 0) is 23.8 Å². The van der Waals surface area contributed by atoms with Crippen LogP contribution in [-0.2, 0) is 0 Å². The quantitative estimate of drug-likeness (QED) is 0.933. The molecule has 1 heterocycles. The summed E-state index contributed by atoms with van der Waals surface area (Å²) in [6.45, 7) is 0.341. The highest BCUT2D eigenvalue weighted by atomic mass is 32.2. The first-order valence-corrected chi connectivity index (χ1v) is 7.51. The fourth-order valence-corrected chi connectivity index (χ4v) is 3.62. The second-order valence-corrected chi connectivity index (χ2v) is 5.84. The first-order chi connectivity index (χ1) is 10.2.